The predicted molar refractivity (Wildman–Crippen MR) is 90.0 cm³/mol. The summed E-state index contributed by atoms with van der Waals surface area (Å²) in [7, 11) is 0. The first-order valence-corrected chi connectivity index (χ1v) is 8.12. The Morgan fingerprint density at radius 2 is 2.10 bits per heavy atom. The molecule has 0 amide bonds. The first kappa shape index (κ1) is 14.9. The molecule has 0 aliphatic carbocycles. The summed E-state index contributed by atoms with van der Waals surface area (Å²) in [6.07, 6.45) is 1.59. The monoisotopic (exact) mass is 365 g/mol. The first-order valence-electron chi connectivity index (χ1n) is 6.95. The van der Waals surface area contributed by atoms with E-state index in [1.54, 1.807) is 0 Å². The molecule has 0 aromatic heterocycles. The maximum Gasteiger partial charge on any atom is 0.125 e. The summed E-state index contributed by atoms with van der Waals surface area (Å²) in [4.78, 5) is 0. The topological polar surface area (TPSA) is 35.2 Å². The maximum atomic E-state index is 6.59. The molecule has 0 spiro atoms. The van der Waals surface area contributed by atoms with Gasteiger partial charge in [-0.3, -0.25) is 0 Å². The Hall–Kier alpha value is -1.03. The highest BCUT2D eigenvalue weighted by atomic mass is 79.9. The van der Waals surface area contributed by atoms with E-state index in [4.69, 9.17) is 22.1 Å². The van der Waals surface area contributed by atoms with Crippen LogP contribution in [0.15, 0.2) is 40.9 Å². The van der Waals surface area contributed by atoms with Crippen LogP contribution in [0.1, 0.15) is 23.6 Å². The molecule has 3 rings (SSSR count). The van der Waals surface area contributed by atoms with Crippen LogP contribution in [0.3, 0.4) is 0 Å². The summed E-state index contributed by atoms with van der Waals surface area (Å²) in [5.74, 6) is 0.961. The Balaban J connectivity index is 1.99. The molecule has 2 aromatic rings. The molecule has 1 atom stereocenters. The summed E-state index contributed by atoms with van der Waals surface area (Å²) < 4.78 is 6.79. The van der Waals surface area contributed by atoms with Gasteiger partial charge in [0.15, 0.2) is 0 Å². The van der Waals surface area contributed by atoms with Crippen molar-refractivity contribution in [2.75, 3.05) is 6.61 Å². The van der Waals surface area contributed by atoms with Crippen LogP contribution in [-0.2, 0) is 18.4 Å². The number of nitrogens with two attached hydrogens (primary N) is 1. The third-order valence-electron chi connectivity index (χ3n) is 3.87. The molecular formula is C17H17BrClNO. The highest BCUT2D eigenvalue weighted by Crippen LogP contribution is 2.37. The number of rotatable bonds is 3. The third kappa shape index (κ3) is 2.96. The van der Waals surface area contributed by atoms with E-state index in [1.165, 1.54) is 5.56 Å². The summed E-state index contributed by atoms with van der Waals surface area (Å²) in [6, 6.07) is 12.0. The molecule has 2 N–H and O–H groups in total. The molecule has 4 heteroatoms. The molecule has 2 nitrogen and oxygen atoms in total. The van der Waals surface area contributed by atoms with E-state index in [1.807, 2.05) is 37.3 Å². The molecule has 21 heavy (non-hydrogen) atoms. The Bertz CT molecular complexity index is 684. The van der Waals surface area contributed by atoms with Crippen molar-refractivity contribution in [1.29, 1.82) is 0 Å². The normalized spacial score (nSPS) is 16.2. The molecule has 0 bridgehead atoms. The van der Waals surface area contributed by atoms with E-state index in [-0.39, 0.29) is 0 Å². The van der Waals surface area contributed by atoms with Crippen molar-refractivity contribution < 1.29 is 4.74 Å². The molecule has 1 aliphatic rings. The van der Waals surface area contributed by atoms with Crippen molar-refractivity contribution in [2.24, 2.45) is 5.73 Å². The second-order valence-electron chi connectivity index (χ2n) is 5.73. The van der Waals surface area contributed by atoms with Crippen LogP contribution in [0.25, 0.3) is 0 Å². The number of hydrogen-bond donors (Lipinski definition) is 1. The van der Waals surface area contributed by atoms with Gasteiger partial charge >= 0.3 is 0 Å². The van der Waals surface area contributed by atoms with Gasteiger partial charge in [-0.25, -0.2) is 0 Å². The minimum absolute atomic E-state index is 0.496. The van der Waals surface area contributed by atoms with Gasteiger partial charge in [0.2, 0.25) is 0 Å². The van der Waals surface area contributed by atoms with Gasteiger partial charge in [0.05, 0.1) is 6.61 Å². The van der Waals surface area contributed by atoms with Gasteiger partial charge in [0, 0.05) is 21.5 Å². The quantitative estimate of drug-likeness (QED) is 0.871. The fraction of sp³-hybridized carbons (Fsp3) is 0.294. The third-order valence-corrected chi connectivity index (χ3v) is 4.78. The number of benzene rings is 2. The van der Waals surface area contributed by atoms with Crippen molar-refractivity contribution in [3.05, 3.63) is 62.6 Å². The molecule has 0 radical (unpaired) electrons. The van der Waals surface area contributed by atoms with Gasteiger partial charge in [0.25, 0.3) is 0 Å². The smallest absolute Gasteiger partial charge is 0.125 e. The van der Waals surface area contributed by atoms with E-state index in [0.717, 1.165) is 39.4 Å². The molecule has 110 valence electrons. The van der Waals surface area contributed by atoms with Crippen LogP contribution < -0.4 is 10.5 Å². The van der Waals surface area contributed by atoms with Crippen molar-refractivity contribution in [3.63, 3.8) is 0 Å². The van der Waals surface area contributed by atoms with Crippen molar-refractivity contribution >= 4 is 27.5 Å². The molecule has 1 heterocycles. The maximum absolute atomic E-state index is 6.59. The van der Waals surface area contributed by atoms with E-state index in [0.29, 0.717) is 6.42 Å². The lowest BCUT2D eigenvalue weighted by molar-refractivity contribution is 0.349. The van der Waals surface area contributed by atoms with Gasteiger partial charge in [-0.15, -0.1) is 0 Å². The number of halogens is 2. The minimum atomic E-state index is -0.496. The van der Waals surface area contributed by atoms with Gasteiger partial charge in [0.1, 0.15) is 5.75 Å². The zero-order chi connectivity index (χ0) is 15.0. The zero-order valence-electron chi connectivity index (χ0n) is 11.8. The summed E-state index contributed by atoms with van der Waals surface area (Å²) in [5, 5.41) is 0.747. The Morgan fingerprint density at radius 1 is 1.33 bits per heavy atom. The molecule has 1 unspecified atom stereocenters. The summed E-state index contributed by atoms with van der Waals surface area (Å²) in [5.41, 5.74) is 9.43. The van der Waals surface area contributed by atoms with E-state index in [2.05, 4.69) is 22.0 Å². The highest BCUT2D eigenvalue weighted by molar-refractivity contribution is 9.10. The van der Waals surface area contributed by atoms with Crippen LogP contribution in [0.4, 0.5) is 0 Å². The average Bonchev–Trinajstić information content (AvgIpc) is 2.86. The van der Waals surface area contributed by atoms with E-state index >= 15 is 0 Å². The van der Waals surface area contributed by atoms with Crippen molar-refractivity contribution in [1.82, 2.24) is 0 Å². The lowest BCUT2D eigenvalue weighted by atomic mass is 9.86. The fourth-order valence-electron chi connectivity index (χ4n) is 2.89. The van der Waals surface area contributed by atoms with Crippen molar-refractivity contribution in [2.45, 2.75) is 25.3 Å². The largest absolute Gasteiger partial charge is 0.493 e. The molecular weight excluding hydrogens is 350 g/mol. The fourth-order valence-corrected chi connectivity index (χ4v) is 3.89. The minimum Gasteiger partial charge on any atom is -0.493 e. The van der Waals surface area contributed by atoms with Crippen LogP contribution in [0.5, 0.6) is 5.75 Å². The molecule has 1 aliphatic heterocycles. The van der Waals surface area contributed by atoms with E-state index < -0.39 is 5.54 Å². The van der Waals surface area contributed by atoms with Crippen molar-refractivity contribution in [3.8, 4) is 5.75 Å². The second-order valence-corrected chi connectivity index (χ2v) is 7.02. The van der Waals surface area contributed by atoms with Crippen LogP contribution >= 0.6 is 27.5 Å². The first-order chi connectivity index (χ1) is 9.97. The zero-order valence-corrected chi connectivity index (χ0v) is 14.2. The highest BCUT2D eigenvalue weighted by Gasteiger charge is 2.27. The predicted octanol–water partition coefficient (Wildman–Crippen LogP) is 4.45. The molecule has 0 fully saturated rings. The molecule has 0 saturated heterocycles. The van der Waals surface area contributed by atoms with Gasteiger partial charge in [-0.2, -0.15) is 0 Å². The number of hydrogen-bond acceptors (Lipinski definition) is 2. The molecule has 2 aromatic carbocycles. The van der Waals surface area contributed by atoms with Crippen LogP contribution in [0.2, 0.25) is 5.02 Å². The van der Waals surface area contributed by atoms with Crippen LogP contribution in [-0.4, -0.2) is 6.61 Å². The lowest BCUT2D eigenvalue weighted by Gasteiger charge is -2.27. The Morgan fingerprint density at radius 3 is 2.86 bits per heavy atom. The lowest BCUT2D eigenvalue weighted by Crippen LogP contribution is -2.36. The molecule has 0 saturated carbocycles. The Labute approximate surface area is 138 Å². The van der Waals surface area contributed by atoms with Gasteiger partial charge < -0.3 is 10.5 Å². The summed E-state index contributed by atoms with van der Waals surface area (Å²) in [6.45, 7) is 2.76. The standard InChI is InChI=1S/C17H17BrClNO/c1-17(20,14-4-2-3-5-15(14)18)10-12-9-13(19)8-11-6-7-21-16(11)12/h2-5,8-9H,6-7,10,20H2,1H3. The van der Waals surface area contributed by atoms with Gasteiger partial charge in [-0.05, 0) is 48.2 Å². The van der Waals surface area contributed by atoms with Gasteiger partial charge in [-0.1, -0.05) is 45.7 Å². The Kier molecular flexibility index (Phi) is 4.00. The number of fused-ring (bicyclic) bond motifs is 1. The van der Waals surface area contributed by atoms with E-state index in [9.17, 15) is 0 Å². The SMILES string of the molecule is CC(N)(Cc1cc(Cl)cc2c1OCC2)c1ccccc1Br. The second kappa shape index (κ2) is 5.64. The number of ether oxygens (including phenoxy) is 1. The average molecular weight is 367 g/mol. The van der Waals surface area contributed by atoms with Crippen LogP contribution in [0, 0.1) is 0 Å². The summed E-state index contributed by atoms with van der Waals surface area (Å²) >= 11 is 9.81.